The standard InChI is InChI=1S/C18H15N3O2/c19-10-12-4-3-7-16(17(12)18(22)23)20-9-8-13-11-21-15-6-2-1-5-14(13)15/h1-7,11,20-21H,8-9H2,(H,22,23). The number of aromatic carboxylic acids is 1. The number of carbonyl (C=O) groups is 1. The lowest BCUT2D eigenvalue weighted by Crippen LogP contribution is -2.11. The molecule has 0 aliphatic carbocycles. The Bertz CT molecular complexity index is 906. The van der Waals surface area contributed by atoms with E-state index in [0.29, 0.717) is 12.2 Å². The molecule has 0 fully saturated rings. The van der Waals surface area contributed by atoms with Crippen LogP contribution in [-0.2, 0) is 6.42 Å². The lowest BCUT2D eigenvalue weighted by Gasteiger charge is -2.10. The molecular weight excluding hydrogens is 290 g/mol. The Kier molecular flexibility index (Phi) is 3.98. The highest BCUT2D eigenvalue weighted by atomic mass is 16.4. The van der Waals surface area contributed by atoms with Gasteiger partial charge >= 0.3 is 5.97 Å². The summed E-state index contributed by atoms with van der Waals surface area (Å²) in [7, 11) is 0. The third-order valence-corrected chi connectivity index (χ3v) is 3.78. The van der Waals surface area contributed by atoms with E-state index >= 15 is 0 Å². The molecule has 3 aromatic rings. The van der Waals surface area contributed by atoms with Gasteiger partial charge in [-0.25, -0.2) is 4.79 Å². The second-order valence-corrected chi connectivity index (χ2v) is 5.18. The van der Waals surface area contributed by atoms with Crippen LogP contribution >= 0.6 is 0 Å². The van der Waals surface area contributed by atoms with Crippen LogP contribution in [0.5, 0.6) is 0 Å². The highest BCUT2D eigenvalue weighted by Gasteiger charge is 2.15. The van der Waals surface area contributed by atoms with Crippen LogP contribution < -0.4 is 5.32 Å². The molecule has 0 bridgehead atoms. The van der Waals surface area contributed by atoms with Crippen LogP contribution in [0, 0.1) is 11.3 Å². The van der Waals surface area contributed by atoms with Gasteiger partial charge in [0.05, 0.1) is 11.3 Å². The van der Waals surface area contributed by atoms with Crippen LogP contribution in [0.25, 0.3) is 10.9 Å². The van der Waals surface area contributed by atoms with Gasteiger partial charge in [-0.1, -0.05) is 24.3 Å². The summed E-state index contributed by atoms with van der Waals surface area (Å²) in [6.07, 6.45) is 2.72. The normalized spacial score (nSPS) is 10.4. The number of rotatable bonds is 5. The fourth-order valence-corrected chi connectivity index (χ4v) is 2.69. The van der Waals surface area contributed by atoms with Crippen LogP contribution in [0.4, 0.5) is 5.69 Å². The van der Waals surface area contributed by atoms with Crippen LogP contribution in [0.15, 0.2) is 48.7 Å². The summed E-state index contributed by atoms with van der Waals surface area (Å²) in [6.45, 7) is 0.580. The number of nitrogens with zero attached hydrogens (tertiary/aromatic N) is 1. The molecule has 0 spiro atoms. The number of hydrogen-bond donors (Lipinski definition) is 3. The molecule has 5 heteroatoms. The molecule has 0 amide bonds. The van der Waals surface area contributed by atoms with E-state index in [1.165, 1.54) is 17.0 Å². The molecule has 3 N–H and O–H groups in total. The SMILES string of the molecule is N#Cc1cccc(NCCc2c[nH]c3ccccc23)c1C(=O)O. The summed E-state index contributed by atoms with van der Waals surface area (Å²) in [4.78, 5) is 14.6. The van der Waals surface area contributed by atoms with Crippen LogP contribution in [0.2, 0.25) is 0 Å². The van der Waals surface area contributed by atoms with Crippen molar-refractivity contribution in [3.63, 3.8) is 0 Å². The Hall–Kier alpha value is -3.26. The van der Waals surface area contributed by atoms with Crippen molar-refractivity contribution in [1.82, 2.24) is 4.98 Å². The number of hydrogen-bond acceptors (Lipinski definition) is 3. The Balaban J connectivity index is 1.77. The van der Waals surface area contributed by atoms with Gasteiger partial charge in [0, 0.05) is 23.6 Å². The topological polar surface area (TPSA) is 88.9 Å². The van der Waals surface area contributed by atoms with Gasteiger partial charge in [-0.05, 0) is 30.2 Å². The average molecular weight is 305 g/mol. The van der Waals surface area contributed by atoms with Gasteiger partial charge < -0.3 is 15.4 Å². The quantitative estimate of drug-likeness (QED) is 0.674. The van der Waals surface area contributed by atoms with E-state index in [1.54, 1.807) is 12.1 Å². The van der Waals surface area contributed by atoms with Crippen LogP contribution in [0.1, 0.15) is 21.5 Å². The number of aromatic nitrogens is 1. The molecule has 0 saturated carbocycles. The van der Waals surface area contributed by atoms with Crippen molar-refractivity contribution in [1.29, 1.82) is 5.26 Å². The molecule has 0 atom stereocenters. The molecule has 3 rings (SSSR count). The van der Waals surface area contributed by atoms with Crippen LogP contribution in [0.3, 0.4) is 0 Å². The number of nitrogens with one attached hydrogen (secondary N) is 2. The first-order chi connectivity index (χ1) is 11.2. The molecule has 2 aromatic carbocycles. The number of aromatic amines is 1. The van der Waals surface area contributed by atoms with E-state index < -0.39 is 5.97 Å². The third-order valence-electron chi connectivity index (χ3n) is 3.78. The minimum atomic E-state index is -1.10. The van der Waals surface area contributed by atoms with Gasteiger partial charge in [0.15, 0.2) is 0 Å². The summed E-state index contributed by atoms with van der Waals surface area (Å²) in [6, 6.07) is 14.8. The van der Waals surface area contributed by atoms with E-state index in [4.69, 9.17) is 5.26 Å². The third kappa shape index (κ3) is 2.87. The number of para-hydroxylation sites is 1. The van der Waals surface area contributed by atoms with Gasteiger partial charge in [0.1, 0.15) is 11.6 Å². The van der Waals surface area contributed by atoms with Crippen molar-refractivity contribution in [2.45, 2.75) is 6.42 Å². The summed E-state index contributed by atoms with van der Waals surface area (Å²) < 4.78 is 0. The summed E-state index contributed by atoms with van der Waals surface area (Å²) in [5.41, 5.74) is 2.90. The largest absolute Gasteiger partial charge is 0.478 e. The van der Waals surface area contributed by atoms with Crippen LogP contribution in [-0.4, -0.2) is 22.6 Å². The van der Waals surface area contributed by atoms with Crippen molar-refractivity contribution in [3.05, 3.63) is 65.4 Å². The summed E-state index contributed by atoms with van der Waals surface area (Å²) >= 11 is 0. The summed E-state index contributed by atoms with van der Waals surface area (Å²) in [5.74, 6) is -1.10. The molecule has 0 unspecified atom stereocenters. The fourth-order valence-electron chi connectivity index (χ4n) is 2.69. The van der Waals surface area contributed by atoms with Gasteiger partial charge in [0.25, 0.3) is 0 Å². The summed E-state index contributed by atoms with van der Waals surface area (Å²) in [5, 5.41) is 22.6. The Labute approximate surface area is 133 Å². The van der Waals surface area contributed by atoms with Gasteiger partial charge in [-0.2, -0.15) is 5.26 Å². The number of benzene rings is 2. The molecule has 0 radical (unpaired) electrons. The maximum absolute atomic E-state index is 11.4. The predicted octanol–water partition coefficient (Wildman–Crippen LogP) is 3.39. The number of H-pyrrole nitrogens is 1. The number of nitriles is 1. The maximum Gasteiger partial charge on any atom is 0.339 e. The van der Waals surface area contributed by atoms with E-state index in [0.717, 1.165) is 11.9 Å². The smallest absolute Gasteiger partial charge is 0.339 e. The fraction of sp³-hybridized carbons (Fsp3) is 0.111. The number of carboxylic acid groups (broad SMARTS) is 1. The molecule has 0 saturated heterocycles. The zero-order valence-electron chi connectivity index (χ0n) is 12.3. The molecule has 1 heterocycles. The van der Waals surface area contributed by atoms with Gasteiger partial charge in [0.2, 0.25) is 0 Å². The number of fused-ring (bicyclic) bond motifs is 1. The lowest BCUT2D eigenvalue weighted by atomic mass is 10.1. The lowest BCUT2D eigenvalue weighted by molar-refractivity contribution is 0.0697. The zero-order chi connectivity index (χ0) is 16.2. The van der Waals surface area contributed by atoms with Crippen molar-refractivity contribution in [2.75, 3.05) is 11.9 Å². The van der Waals surface area contributed by atoms with Gasteiger partial charge in [-0.15, -0.1) is 0 Å². The molecule has 1 aromatic heterocycles. The second kappa shape index (κ2) is 6.24. The Morgan fingerprint density at radius 3 is 2.83 bits per heavy atom. The Morgan fingerprint density at radius 2 is 2.04 bits per heavy atom. The van der Waals surface area contributed by atoms with Crippen molar-refractivity contribution in [2.24, 2.45) is 0 Å². The average Bonchev–Trinajstić information content (AvgIpc) is 2.97. The van der Waals surface area contributed by atoms with E-state index in [9.17, 15) is 9.90 Å². The molecule has 5 nitrogen and oxygen atoms in total. The highest BCUT2D eigenvalue weighted by molar-refractivity contribution is 5.97. The highest BCUT2D eigenvalue weighted by Crippen LogP contribution is 2.21. The first-order valence-corrected chi connectivity index (χ1v) is 7.26. The Morgan fingerprint density at radius 1 is 1.22 bits per heavy atom. The first kappa shape index (κ1) is 14.7. The van der Waals surface area contributed by atoms with Gasteiger partial charge in [-0.3, -0.25) is 0 Å². The molecule has 114 valence electrons. The molecule has 23 heavy (non-hydrogen) atoms. The van der Waals surface area contributed by atoms with Crippen molar-refractivity contribution >= 4 is 22.6 Å². The molecule has 0 aliphatic rings. The first-order valence-electron chi connectivity index (χ1n) is 7.26. The van der Waals surface area contributed by atoms with E-state index in [2.05, 4.69) is 16.4 Å². The zero-order valence-corrected chi connectivity index (χ0v) is 12.3. The second-order valence-electron chi connectivity index (χ2n) is 5.18. The van der Waals surface area contributed by atoms with Crippen molar-refractivity contribution in [3.8, 4) is 6.07 Å². The monoisotopic (exact) mass is 305 g/mol. The van der Waals surface area contributed by atoms with Crippen molar-refractivity contribution < 1.29 is 9.90 Å². The van der Waals surface area contributed by atoms with E-state index in [-0.39, 0.29) is 11.1 Å². The maximum atomic E-state index is 11.4. The number of anilines is 1. The van der Waals surface area contributed by atoms with E-state index in [1.807, 2.05) is 30.5 Å². The minimum absolute atomic E-state index is 0.0222. The molecule has 0 aliphatic heterocycles. The molecular formula is C18H15N3O2. The minimum Gasteiger partial charge on any atom is -0.478 e. The predicted molar refractivity (Wildman–Crippen MR) is 88.6 cm³/mol. The number of carboxylic acids is 1.